The van der Waals surface area contributed by atoms with Crippen LogP contribution in [0.5, 0.6) is 0 Å². The van der Waals surface area contributed by atoms with E-state index in [1.807, 2.05) is 0 Å². The predicted octanol–water partition coefficient (Wildman–Crippen LogP) is 1.87. The van der Waals surface area contributed by atoms with Gasteiger partial charge in [0, 0.05) is 5.54 Å². The number of hydrogen-bond donors (Lipinski definition) is 2. The maximum Gasteiger partial charge on any atom is 0.0206 e. The molecule has 1 N–H and O–H groups in total. The molecule has 0 amide bonds. The zero-order valence-corrected chi connectivity index (χ0v) is 6.57. The van der Waals surface area contributed by atoms with Gasteiger partial charge >= 0.3 is 0 Å². The Kier molecular flexibility index (Phi) is 3.11. The number of nitrogens with one attached hydrogen (secondary N) is 1. The lowest BCUT2D eigenvalue weighted by Crippen LogP contribution is -2.28. The molecular weight excluding hydrogens is 126 g/mol. The second kappa shape index (κ2) is 2.84. The molecule has 1 nitrogen and oxygen atoms in total. The number of thiol groups is 1. The summed E-state index contributed by atoms with van der Waals surface area (Å²) in [5.41, 5.74) is 0.187. The van der Waals surface area contributed by atoms with E-state index in [0.29, 0.717) is 0 Å². The van der Waals surface area contributed by atoms with E-state index in [9.17, 15) is 0 Å². The molecule has 0 aromatic carbocycles. The summed E-state index contributed by atoms with van der Waals surface area (Å²) >= 11 is 3.92. The van der Waals surface area contributed by atoms with Crippen molar-refractivity contribution in [2.45, 2.75) is 26.3 Å². The van der Waals surface area contributed by atoms with Crippen molar-refractivity contribution in [3.8, 4) is 0 Å². The van der Waals surface area contributed by atoms with E-state index in [4.69, 9.17) is 0 Å². The molecule has 7 heavy (non-hydrogen) atoms. The summed E-state index contributed by atoms with van der Waals surface area (Å²) < 4.78 is 3.07. The van der Waals surface area contributed by atoms with Crippen molar-refractivity contribution in [1.29, 1.82) is 0 Å². The fourth-order valence-electron chi connectivity index (χ4n) is 0.137. The molecule has 0 radical (unpaired) electrons. The van der Waals surface area contributed by atoms with Crippen LogP contribution in [0.3, 0.4) is 0 Å². The van der Waals surface area contributed by atoms with E-state index in [2.05, 4.69) is 37.2 Å². The molecule has 0 aliphatic heterocycles. The average Bonchev–Trinajstić information content (AvgIpc) is 1.30. The van der Waals surface area contributed by atoms with Gasteiger partial charge in [-0.1, -0.05) is 11.7 Å². The van der Waals surface area contributed by atoms with E-state index in [1.54, 1.807) is 0 Å². The Hall–Kier alpha value is 0.660. The molecule has 0 unspecified atom stereocenters. The van der Waals surface area contributed by atoms with Crippen molar-refractivity contribution in [1.82, 2.24) is 4.72 Å². The third-order valence-electron chi connectivity index (χ3n) is 0.352. The lowest BCUT2D eigenvalue weighted by molar-refractivity contribution is 0.537. The Balaban J connectivity index is 3.15. The Morgan fingerprint density at radius 1 is 1.43 bits per heavy atom. The minimum absolute atomic E-state index is 0.187. The monoisotopic (exact) mass is 137 g/mol. The third kappa shape index (κ3) is 6.66. The van der Waals surface area contributed by atoms with E-state index >= 15 is 0 Å². The first-order valence-electron chi connectivity index (χ1n) is 2.14. The second-order valence-corrected chi connectivity index (χ2v) is 3.38. The van der Waals surface area contributed by atoms with Crippen LogP contribution < -0.4 is 4.72 Å². The van der Waals surface area contributed by atoms with Crippen LogP contribution in [0.2, 0.25) is 0 Å². The van der Waals surface area contributed by atoms with E-state index in [1.165, 1.54) is 11.0 Å². The van der Waals surface area contributed by atoms with Gasteiger partial charge in [-0.25, -0.2) is 4.72 Å². The lowest BCUT2D eigenvalue weighted by atomic mass is 10.1. The average molecular weight is 137 g/mol. The highest BCUT2D eigenvalue weighted by atomic mass is 33.1. The summed E-state index contributed by atoms with van der Waals surface area (Å²) in [6, 6.07) is 0. The van der Waals surface area contributed by atoms with Gasteiger partial charge in [0.15, 0.2) is 0 Å². The molecule has 0 aliphatic carbocycles. The molecule has 0 saturated carbocycles. The van der Waals surface area contributed by atoms with Crippen molar-refractivity contribution in [3.63, 3.8) is 0 Å². The van der Waals surface area contributed by atoms with Gasteiger partial charge in [-0.05, 0) is 31.8 Å². The molecule has 0 saturated heterocycles. The molecular formula is C4H11NS2. The van der Waals surface area contributed by atoms with E-state index < -0.39 is 0 Å². The van der Waals surface area contributed by atoms with E-state index in [-0.39, 0.29) is 5.54 Å². The summed E-state index contributed by atoms with van der Waals surface area (Å²) in [6.45, 7) is 6.28. The normalized spacial score (nSPS) is 12.0. The summed E-state index contributed by atoms with van der Waals surface area (Å²) in [4.78, 5) is 0. The molecule has 0 aliphatic rings. The Morgan fingerprint density at radius 3 is 1.86 bits per heavy atom. The highest BCUT2D eigenvalue weighted by Crippen LogP contribution is 2.07. The summed E-state index contributed by atoms with van der Waals surface area (Å²) in [6.07, 6.45) is 0. The zero-order valence-electron chi connectivity index (χ0n) is 4.86. The summed E-state index contributed by atoms with van der Waals surface area (Å²) in [5, 5.41) is 0. The topological polar surface area (TPSA) is 12.0 Å². The van der Waals surface area contributed by atoms with Crippen molar-refractivity contribution in [3.05, 3.63) is 0 Å². The van der Waals surface area contributed by atoms with Gasteiger partial charge in [-0.2, -0.15) is 0 Å². The fourth-order valence-corrected chi connectivity index (χ4v) is 1.23. The molecule has 0 aromatic heterocycles. The molecule has 0 heterocycles. The van der Waals surface area contributed by atoms with Gasteiger partial charge in [0.25, 0.3) is 0 Å². The van der Waals surface area contributed by atoms with Crippen molar-refractivity contribution in [2.75, 3.05) is 0 Å². The Morgan fingerprint density at radius 2 is 1.86 bits per heavy atom. The summed E-state index contributed by atoms with van der Waals surface area (Å²) in [5.74, 6) is 0. The van der Waals surface area contributed by atoms with Crippen LogP contribution >= 0.6 is 22.6 Å². The lowest BCUT2D eigenvalue weighted by Gasteiger charge is -2.16. The van der Waals surface area contributed by atoms with Crippen molar-refractivity contribution in [2.24, 2.45) is 0 Å². The maximum absolute atomic E-state index is 3.92. The minimum atomic E-state index is 0.187. The van der Waals surface area contributed by atoms with Crippen LogP contribution in [0.1, 0.15) is 20.8 Å². The predicted molar refractivity (Wildman–Crippen MR) is 39.5 cm³/mol. The van der Waals surface area contributed by atoms with Crippen molar-refractivity contribution >= 4 is 22.6 Å². The summed E-state index contributed by atoms with van der Waals surface area (Å²) in [7, 11) is 1.35. The highest BCUT2D eigenvalue weighted by Gasteiger charge is 2.05. The van der Waals surface area contributed by atoms with Gasteiger partial charge in [-0.3, -0.25) is 0 Å². The van der Waals surface area contributed by atoms with Gasteiger partial charge in [0.05, 0.1) is 0 Å². The highest BCUT2D eigenvalue weighted by molar-refractivity contribution is 8.67. The zero-order chi connectivity index (χ0) is 5.91. The molecule has 0 atom stereocenters. The second-order valence-electron chi connectivity index (χ2n) is 2.44. The van der Waals surface area contributed by atoms with Crippen LogP contribution in [0.4, 0.5) is 0 Å². The van der Waals surface area contributed by atoms with Gasteiger partial charge in [-0.15, -0.1) is 0 Å². The number of rotatable bonds is 1. The van der Waals surface area contributed by atoms with Crippen LogP contribution in [0.25, 0.3) is 0 Å². The quantitative estimate of drug-likeness (QED) is 0.325. The van der Waals surface area contributed by atoms with Gasteiger partial charge in [0.2, 0.25) is 0 Å². The Bertz CT molecular complexity index is 48.1. The molecule has 0 bridgehead atoms. The first-order chi connectivity index (χ1) is 3.06. The fraction of sp³-hybridized carbons (Fsp3) is 1.00. The molecule has 3 heteroatoms. The molecule has 0 fully saturated rings. The first kappa shape index (κ1) is 7.66. The Labute approximate surface area is 54.2 Å². The number of hydrogen-bond acceptors (Lipinski definition) is 3. The minimum Gasteiger partial charge on any atom is -0.250 e. The SMILES string of the molecule is CC(C)(C)NSS. The maximum atomic E-state index is 3.92. The van der Waals surface area contributed by atoms with Crippen LogP contribution in [-0.4, -0.2) is 5.54 Å². The first-order valence-corrected chi connectivity index (χ1v) is 4.01. The smallest absolute Gasteiger partial charge is 0.0206 e. The van der Waals surface area contributed by atoms with Crippen molar-refractivity contribution < 1.29 is 0 Å². The van der Waals surface area contributed by atoms with E-state index in [0.717, 1.165) is 0 Å². The van der Waals surface area contributed by atoms with Gasteiger partial charge in [0.1, 0.15) is 0 Å². The molecule has 0 spiro atoms. The molecule has 0 aromatic rings. The van der Waals surface area contributed by atoms with Gasteiger partial charge < -0.3 is 0 Å². The largest absolute Gasteiger partial charge is 0.250 e. The third-order valence-corrected chi connectivity index (χ3v) is 1.33. The molecule has 0 rings (SSSR count). The standard InChI is InChI=1S/C4H11NS2/c1-4(2,3)5-7-6/h5-6H,1-3H3. The van der Waals surface area contributed by atoms with Crippen LogP contribution in [-0.2, 0) is 0 Å². The van der Waals surface area contributed by atoms with Crippen LogP contribution in [0.15, 0.2) is 0 Å². The molecule has 44 valence electrons. The van der Waals surface area contributed by atoms with Crippen LogP contribution in [0, 0.1) is 0 Å².